The molecule has 0 saturated heterocycles. The smallest absolute Gasteiger partial charge is 0.213 e. The maximum Gasteiger partial charge on any atom is 0.213 e. The summed E-state index contributed by atoms with van der Waals surface area (Å²) in [4.78, 5) is 6.31. The van der Waals surface area contributed by atoms with Gasteiger partial charge in [-0.3, -0.25) is 0 Å². The van der Waals surface area contributed by atoms with Crippen molar-refractivity contribution in [1.29, 1.82) is 15.8 Å². The van der Waals surface area contributed by atoms with Gasteiger partial charge in [-0.2, -0.15) is 24.9 Å². The van der Waals surface area contributed by atoms with Crippen LogP contribution in [-0.2, 0) is 14.1 Å². The van der Waals surface area contributed by atoms with E-state index in [9.17, 15) is 8.78 Å². The Bertz CT molecular complexity index is 2930. The van der Waals surface area contributed by atoms with Gasteiger partial charge in [0.1, 0.15) is 25.7 Å². The zero-order chi connectivity index (χ0) is 48.6. The molecule has 2 aromatic heterocycles. The van der Waals surface area contributed by atoms with E-state index in [4.69, 9.17) is 15.8 Å². The van der Waals surface area contributed by atoms with Crippen molar-refractivity contribution in [3.05, 3.63) is 174 Å². The second kappa shape index (κ2) is 23.9. The fourth-order valence-electron chi connectivity index (χ4n) is 7.82. The first kappa shape index (κ1) is 49.3. The molecule has 0 bridgehead atoms. The van der Waals surface area contributed by atoms with E-state index < -0.39 is 0 Å². The summed E-state index contributed by atoms with van der Waals surface area (Å²) in [6, 6.07) is 53.4. The van der Waals surface area contributed by atoms with E-state index in [0.29, 0.717) is 32.4 Å². The molecule has 0 spiro atoms. The summed E-state index contributed by atoms with van der Waals surface area (Å²) < 4.78 is 31.2. The topological polar surface area (TPSA) is 88.8 Å². The summed E-state index contributed by atoms with van der Waals surface area (Å²) in [6.07, 6.45) is 6.59. The van der Waals surface area contributed by atoms with Crippen molar-refractivity contribution in [2.45, 2.75) is 32.6 Å². The maximum absolute atomic E-state index is 13.7. The minimum absolute atomic E-state index is 0.231. The highest BCUT2D eigenvalue weighted by Crippen LogP contribution is 2.30. The van der Waals surface area contributed by atoms with Crippen LogP contribution in [0.3, 0.4) is 0 Å². The van der Waals surface area contributed by atoms with Crippen LogP contribution >= 0.6 is 0 Å². The average Bonchev–Trinajstić information content (AvgIpc) is 3.36. The molecule has 0 fully saturated rings. The molecule has 68 heavy (non-hydrogen) atoms. The largest absolute Gasteiger partial charge is 0.375 e. The lowest BCUT2D eigenvalue weighted by Gasteiger charge is -2.18. The van der Waals surface area contributed by atoms with Gasteiger partial charge in [0.15, 0.2) is 5.69 Å². The fraction of sp³-hybridized carbons (Fsp3) is 0.224. The lowest BCUT2D eigenvalue weighted by molar-refractivity contribution is -0.666. The van der Waals surface area contributed by atoms with Crippen molar-refractivity contribution in [1.82, 2.24) is 0 Å². The molecule has 8 nitrogen and oxygen atoms in total. The quantitative estimate of drug-likeness (QED) is 0.0709. The third-order valence-corrected chi connectivity index (χ3v) is 12.1. The molecule has 10 heteroatoms. The summed E-state index contributed by atoms with van der Waals surface area (Å²) in [5.74, 6) is -0.492. The van der Waals surface area contributed by atoms with Crippen LogP contribution in [0.5, 0.6) is 0 Å². The number of rotatable bonds is 16. The second-order valence-corrected chi connectivity index (χ2v) is 16.8. The first-order chi connectivity index (χ1) is 32.9. The molecule has 0 aliphatic rings. The monoisotopic (exact) mass is 904 g/mol. The molecular formula is C58H58F2N8+2. The first-order valence-electron chi connectivity index (χ1n) is 22.7. The molecule has 0 radical (unpaired) electrons. The molecule has 0 saturated carbocycles. The van der Waals surface area contributed by atoms with E-state index in [0.717, 1.165) is 91.7 Å². The van der Waals surface area contributed by atoms with E-state index in [2.05, 4.69) is 158 Å². The number of unbranched alkanes of at least 4 members (excludes halogenated alkanes) is 1. The van der Waals surface area contributed by atoms with E-state index in [1.807, 2.05) is 35.2 Å². The Morgan fingerprint density at radius 3 is 1.31 bits per heavy atom. The number of aromatic nitrogens is 2. The molecular weight excluding hydrogens is 847 g/mol. The van der Waals surface area contributed by atoms with Gasteiger partial charge in [0, 0.05) is 113 Å². The molecule has 0 amide bonds. The van der Waals surface area contributed by atoms with Crippen LogP contribution in [0.25, 0.3) is 56.9 Å². The lowest BCUT2D eigenvalue weighted by atomic mass is 10.0. The minimum Gasteiger partial charge on any atom is -0.375 e. The van der Waals surface area contributed by atoms with Gasteiger partial charge in [0.2, 0.25) is 17.1 Å². The number of nitriles is 3. The maximum atomic E-state index is 13.7. The summed E-state index contributed by atoms with van der Waals surface area (Å²) >= 11 is 0. The van der Waals surface area contributed by atoms with Gasteiger partial charge in [-0.15, -0.1) is 0 Å². The van der Waals surface area contributed by atoms with E-state index in [-0.39, 0.29) is 11.6 Å². The zero-order valence-corrected chi connectivity index (χ0v) is 39.8. The number of hydrogen-bond acceptors (Lipinski definition) is 6. The number of hydrogen-bond donors (Lipinski definition) is 0. The zero-order valence-electron chi connectivity index (χ0n) is 39.8. The third kappa shape index (κ3) is 13.0. The van der Waals surface area contributed by atoms with Crippen LogP contribution in [-0.4, -0.2) is 40.8 Å². The molecule has 0 aliphatic carbocycles. The number of anilines is 3. The Kier molecular flexibility index (Phi) is 17.3. The van der Waals surface area contributed by atoms with Gasteiger partial charge in [0.25, 0.3) is 0 Å². The molecule has 7 rings (SSSR count). The molecule has 7 aromatic rings. The number of aryl methyl sites for hydroxylation is 1. The van der Waals surface area contributed by atoms with E-state index >= 15 is 0 Å². The Labute approximate surface area is 400 Å². The van der Waals surface area contributed by atoms with E-state index in [1.54, 1.807) is 24.3 Å². The van der Waals surface area contributed by atoms with Gasteiger partial charge < -0.3 is 14.7 Å². The second-order valence-electron chi connectivity index (χ2n) is 16.8. The van der Waals surface area contributed by atoms with Crippen LogP contribution < -0.4 is 23.8 Å². The third-order valence-electron chi connectivity index (χ3n) is 12.1. The first-order valence-corrected chi connectivity index (χ1v) is 22.7. The Hall–Kier alpha value is -8.13. The summed E-state index contributed by atoms with van der Waals surface area (Å²) in [5.41, 5.74) is 14.8. The molecule has 0 aliphatic heterocycles. The molecule has 0 atom stereocenters. The summed E-state index contributed by atoms with van der Waals surface area (Å²) in [5, 5.41) is 26.4. The highest BCUT2D eigenvalue weighted by atomic mass is 19.1. The highest BCUT2D eigenvalue weighted by molar-refractivity contribution is 5.76. The highest BCUT2D eigenvalue weighted by Gasteiger charge is 2.18. The normalized spacial score (nSPS) is 10.7. The Morgan fingerprint density at radius 2 is 0.853 bits per heavy atom. The van der Waals surface area contributed by atoms with Crippen LogP contribution in [0.2, 0.25) is 0 Å². The number of benzene rings is 5. The molecule has 342 valence electrons. The van der Waals surface area contributed by atoms with Gasteiger partial charge in [0.05, 0.1) is 31.0 Å². The van der Waals surface area contributed by atoms with Gasteiger partial charge in [-0.25, -0.2) is 8.78 Å². The van der Waals surface area contributed by atoms with Gasteiger partial charge in [-0.05, 0) is 125 Å². The van der Waals surface area contributed by atoms with Crippen molar-refractivity contribution >= 4 is 29.2 Å². The van der Waals surface area contributed by atoms with Crippen LogP contribution in [0.1, 0.15) is 42.6 Å². The minimum atomic E-state index is -0.261. The number of pyridine rings is 2. The molecule has 5 aromatic carbocycles. The predicted octanol–water partition coefficient (Wildman–Crippen LogP) is 11.9. The summed E-state index contributed by atoms with van der Waals surface area (Å²) in [6.45, 7) is 4.30. The van der Waals surface area contributed by atoms with Crippen molar-refractivity contribution in [3.8, 4) is 63.0 Å². The van der Waals surface area contributed by atoms with Crippen LogP contribution in [0.15, 0.2) is 146 Å². The molecule has 0 unspecified atom stereocenters. The van der Waals surface area contributed by atoms with Crippen LogP contribution in [0, 0.1) is 52.6 Å². The van der Waals surface area contributed by atoms with Crippen LogP contribution in [0.4, 0.5) is 25.8 Å². The lowest BCUT2D eigenvalue weighted by Crippen LogP contribution is -2.34. The SMILES string of the molecule is CN(CCC#N)c1ccc(-c2cc(/C=C/c3ccc(N(C)CCCC#N)cc3)[n+](C)c(-c3ccc(F)cc3)c2)cc1.Cc1cc(-c2ccc(N(C)CCC#N)cc2)cc(-c2ccc(F)cc2)[n+]1C. The van der Waals surface area contributed by atoms with Crippen molar-refractivity contribution in [2.75, 3.05) is 55.5 Å². The number of nitrogens with zero attached hydrogens (tertiary/aromatic N) is 8. The van der Waals surface area contributed by atoms with Gasteiger partial charge in [-0.1, -0.05) is 36.4 Å². The van der Waals surface area contributed by atoms with Gasteiger partial charge >= 0.3 is 0 Å². The predicted molar refractivity (Wildman–Crippen MR) is 272 cm³/mol. The average molecular weight is 905 g/mol. The van der Waals surface area contributed by atoms with Crippen molar-refractivity contribution < 1.29 is 17.9 Å². The summed E-state index contributed by atoms with van der Waals surface area (Å²) in [7, 11) is 10.1. The van der Waals surface area contributed by atoms with Crippen molar-refractivity contribution in [2.24, 2.45) is 14.1 Å². The molecule has 2 heterocycles. The van der Waals surface area contributed by atoms with E-state index in [1.165, 1.54) is 24.3 Å². The van der Waals surface area contributed by atoms with Crippen molar-refractivity contribution in [3.63, 3.8) is 0 Å². The standard InChI is InChI=1S/C35H35FN5.C23H23FN3/c1-39(23-5-4-21-37)32-16-7-27(8-17-32)9-18-34-25-30(26-35(41(34)3)29-10-14-31(36)15-11-29)28-12-19-33(20-13-28)40(2)24-6-22-38;1-17-15-20(16-23(27(17)3)19-5-9-21(24)10-6-19)18-7-11-22(12-8-18)26(2)14-4-13-25/h7-20,25-26H,4-6,23-24H2,1-3H3;5-12,15-16H,4,14H2,1-3H3/q2*+1. The number of halogens is 2. The Balaban J connectivity index is 0.000000244. The Morgan fingerprint density at radius 1 is 0.456 bits per heavy atom. The molecule has 0 N–H and O–H groups in total. The fourth-order valence-corrected chi connectivity index (χ4v) is 7.82.